The number of ether oxygens (including phenoxy) is 3. The minimum Gasteiger partial charge on any atom is -0.493 e. The molecule has 0 unspecified atom stereocenters. The Labute approximate surface area is 222 Å². The molecule has 0 amide bonds. The van der Waals surface area contributed by atoms with Crippen LogP contribution in [0.2, 0.25) is 0 Å². The van der Waals surface area contributed by atoms with E-state index in [2.05, 4.69) is 4.99 Å². The summed E-state index contributed by atoms with van der Waals surface area (Å²) in [6.07, 6.45) is 1.45. The zero-order valence-corrected chi connectivity index (χ0v) is 22.5. The number of rotatable bonds is 8. The highest BCUT2D eigenvalue weighted by molar-refractivity contribution is 7.07. The fourth-order valence-corrected chi connectivity index (χ4v) is 5.31. The Morgan fingerprint density at radius 1 is 1.18 bits per heavy atom. The average Bonchev–Trinajstić information content (AvgIpc) is 3.17. The summed E-state index contributed by atoms with van der Waals surface area (Å²) in [5.74, 6) is -0.696. The van der Waals surface area contributed by atoms with Crippen molar-refractivity contribution in [1.82, 2.24) is 4.57 Å². The number of thiazole rings is 1. The van der Waals surface area contributed by atoms with E-state index in [0.717, 1.165) is 11.3 Å². The van der Waals surface area contributed by atoms with Gasteiger partial charge in [0.15, 0.2) is 16.3 Å². The Balaban J connectivity index is 1.97. The molecule has 1 aliphatic heterocycles. The molecule has 198 valence electrons. The Kier molecular flexibility index (Phi) is 7.82. The summed E-state index contributed by atoms with van der Waals surface area (Å²) in [5, 5.41) is 9.57. The third-order valence-corrected chi connectivity index (χ3v) is 6.84. The third kappa shape index (κ3) is 5.12. The molecule has 2 heterocycles. The van der Waals surface area contributed by atoms with Gasteiger partial charge in [-0.25, -0.2) is 14.6 Å². The van der Waals surface area contributed by atoms with Gasteiger partial charge < -0.3 is 19.3 Å². The van der Waals surface area contributed by atoms with E-state index < -0.39 is 23.5 Å². The molecule has 0 bridgehead atoms. The lowest BCUT2D eigenvalue weighted by Gasteiger charge is -2.25. The van der Waals surface area contributed by atoms with E-state index in [4.69, 9.17) is 14.2 Å². The minimum atomic E-state index is -1.10. The molecular formula is C28H28N2O7S. The second kappa shape index (κ2) is 11.1. The summed E-state index contributed by atoms with van der Waals surface area (Å²) in [4.78, 5) is 43.5. The summed E-state index contributed by atoms with van der Waals surface area (Å²) in [7, 11) is 1.52. The van der Waals surface area contributed by atoms with Crippen molar-refractivity contribution in [3.63, 3.8) is 0 Å². The number of fused-ring (bicyclic) bond motifs is 1. The summed E-state index contributed by atoms with van der Waals surface area (Å²) < 4.78 is 18.5. The molecule has 10 heteroatoms. The molecular weight excluding hydrogens is 508 g/mol. The first-order valence-corrected chi connectivity index (χ1v) is 12.8. The van der Waals surface area contributed by atoms with Crippen LogP contribution in [-0.2, 0) is 9.53 Å². The van der Waals surface area contributed by atoms with Crippen molar-refractivity contribution in [2.45, 2.75) is 39.8 Å². The Bertz CT molecular complexity index is 1610. The standard InChI is InChI=1S/C28H28N2O7S/c1-6-36-27(34)23-16(4)29-28-30(24(23)18-11-12-20(37-15(2)3)21(13-18)35-5)25(31)22(38-28)14-17-9-7-8-10-19(17)26(32)33/h7-15,24H,6H2,1-5H3,(H,32,33)/b22-14+/t24-/m0/s1. The molecule has 1 aromatic heterocycles. The zero-order valence-electron chi connectivity index (χ0n) is 21.7. The first kappa shape index (κ1) is 26.9. The molecule has 1 N–H and O–H groups in total. The van der Waals surface area contributed by atoms with Crippen molar-refractivity contribution in [3.05, 3.63) is 90.1 Å². The monoisotopic (exact) mass is 536 g/mol. The van der Waals surface area contributed by atoms with Crippen LogP contribution in [0, 0.1) is 0 Å². The third-order valence-electron chi connectivity index (χ3n) is 5.86. The molecule has 0 radical (unpaired) electrons. The smallest absolute Gasteiger partial charge is 0.338 e. The van der Waals surface area contributed by atoms with Gasteiger partial charge in [-0.15, -0.1) is 0 Å². The molecule has 0 spiro atoms. The molecule has 38 heavy (non-hydrogen) atoms. The van der Waals surface area contributed by atoms with Crippen LogP contribution in [0.15, 0.2) is 63.5 Å². The maximum Gasteiger partial charge on any atom is 0.338 e. The number of esters is 1. The SMILES string of the molecule is CCOC(=O)C1=C(C)N=c2s/c(=C/c3ccccc3C(=O)O)c(=O)n2[C@H]1c1ccc(OC(C)C)c(OC)c1. The number of aromatic nitrogens is 1. The van der Waals surface area contributed by atoms with Gasteiger partial charge in [0.2, 0.25) is 0 Å². The molecule has 0 saturated carbocycles. The molecule has 0 aliphatic carbocycles. The fraction of sp³-hybridized carbons (Fsp3) is 0.286. The second-order valence-corrected chi connectivity index (χ2v) is 9.78. The zero-order chi connectivity index (χ0) is 27.6. The highest BCUT2D eigenvalue weighted by Crippen LogP contribution is 2.36. The van der Waals surface area contributed by atoms with Crippen molar-refractivity contribution >= 4 is 29.4 Å². The number of methoxy groups -OCH3 is 1. The number of carbonyl (C=O) groups is 2. The number of nitrogens with zero attached hydrogens (tertiary/aromatic N) is 2. The van der Waals surface area contributed by atoms with Crippen molar-refractivity contribution < 1.29 is 28.9 Å². The molecule has 4 rings (SSSR count). The summed E-state index contributed by atoms with van der Waals surface area (Å²) in [6, 6.07) is 10.8. The highest BCUT2D eigenvalue weighted by Gasteiger charge is 2.34. The van der Waals surface area contributed by atoms with Gasteiger partial charge in [0.1, 0.15) is 0 Å². The maximum absolute atomic E-state index is 13.8. The summed E-state index contributed by atoms with van der Waals surface area (Å²) in [5.41, 5.74) is 1.32. The van der Waals surface area contributed by atoms with E-state index in [1.165, 1.54) is 23.8 Å². The van der Waals surface area contributed by atoms with Crippen molar-refractivity contribution in [1.29, 1.82) is 0 Å². The molecule has 0 fully saturated rings. The quantitative estimate of drug-likeness (QED) is 0.439. The largest absolute Gasteiger partial charge is 0.493 e. The van der Waals surface area contributed by atoms with E-state index in [9.17, 15) is 19.5 Å². The Hall–Kier alpha value is -4.18. The Morgan fingerprint density at radius 3 is 2.58 bits per heavy atom. The fourth-order valence-electron chi connectivity index (χ4n) is 4.27. The molecule has 2 aromatic carbocycles. The van der Waals surface area contributed by atoms with Crippen LogP contribution >= 0.6 is 11.3 Å². The summed E-state index contributed by atoms with van der Waals surface area (Å²) >= 11 is 1.12. The number of carbonyl (C=O) groups excluding carboxylic acids is 1. The first-order chi connectivity index (χ1) is 18.2. The van der Waals surface area contributed by atoms with Gasteiger partial charge in [0.25, 0.3) is 5.56 Å². The average molecular weight is 537 g/mol. The van der Waals surface area contributed by atoms with Crippen LogP contribution in [0.5, 0.6) is 11.5 Å². The van der Waals surface area contributed by atoms with Crippen LogP contribution in [0.1, 0.15) is 55.2 Å². The van der Waals surface area contributed by atoms with Gasteiger partial charge in [-0.2, -0.15) is 0 Å². The first-order valence-electron chi connectivity index (χ1n) is 12.0. The number of carboxylic acid groups (broad SMARTS) is 1. The molecule has 0 saturated heterocycles. The van der Waals surface area contributed by atoms with Gasteiger partial charge in [-0.05, 0) is 63.1 Å². The van der Waals surface area contributed by atoms with Gasteiger partial charge in [-0.1, -0.05) is 35.6 Å². The maximum atomic E-state index is 13.8. The lowest BCUT2D eigenvalue weighted by Crippen LogP contribution is -2.40. The van der Waals surface area contributed by atoms with Crippen LogP contribution < -0.4 is 24.4 Å². The number of hydrogen-bond acceptors (Lipinski definition) is 8. The van der Waals surface area contributed by atoms with Crippen LogP contribution in [-0.4, -0.2) is 41.4 Å². The number of carboxylic acids is 1. The van der Waals surface area contributed by atoms with Crippen molar-refractivity contribution in [3.8, 4) is 11.5 Å². The molecule has 1 aliphatic rings. The van der Waals surface area contributed by atoms with Gasteiger partial charge in [0.05, 0.1) is 47.2 Å². The van der Waals surface area contributed by atoms with E-state index in [1.54, 1.807) is 50.2 Å². The lowest BCUT2D eigenvalue weighted by atomic mass is 9.95. The Morgan fingerprint density at radius 2 is 1.92 bits per heavy atom. The highest BCUT2D eigenvalue weighted by atomic mass is 32.1. The molecule has 9 nitrogen and oxygen atoms in total. The minimum absolute atomic E-state index is 0.0729. The lowest BCUT2D eigenvalue weighted by molar-refractivity contribution is -0.139. The van der Waals surface area contributed by atoms with E-state index >= 15 is 0 Å². The molecule has 3 aromatic rings. The topological polar surface area (TPSA) is 116 Å². The van der Waals surface area contributed by atoms with Crippen molar-refractivity contribution in [2.24, 2.45) is 4.99 Å². The van der Waals surface area contributed by atoms with Crippen molar-refractivity contribution in [2.75, 3.05) is 13.7 Å². The number of aromatic carboxylic acids is 1. The van der Waals surface area contributed by atoms with E-state index in [0.29, 0.717) is 33.1 Å². The van der Waals surface area contributed by atoms with Gasteiger partial charge in [-0.3, -0.25) is 9.36 Å². The predicted molar refractivity (Wildman–Crippen MR) is 143 cm³/mol. The van der Waals surface area contributed by atoms with Gasteiger partial charge >= 0.3 is 11.9 Å². The van der Waals surface area contributed by atoms with E-state index in [-0.39, 0.29) is 28.4 Å². The predicted octanol–water partition coefficient (Wildman–Crippen LogP) is 3.29. The normalized spacial score (nSPS) is 15.2. The van der Waals surface area contributed by atoms with Crippen LogP contribution in [0.3, 0.4) is 0 Å². The van der Waals surface area contributed by atoms with E-state index in [1.807, 2.05) is 13.8 Å². The number of allylic oxidation sites excluding steroid dienone is 1. The number of hydrogen-bond donors (Lipinski definition) is 1. The van der Waals surface area contributed by atoms with Gasteiger partial charge in [0, 0.05) is 0 Å². The molecule has 1 atom stereocenters. The van der Waals surface area contributed by atoms with Crippen LogP contribution in [0.25, 0.3) is 6.08 Å². The number of benzene rings is 2. The second-order valence-electron chi connectivity index (χ2n) is 8.77. The van der Waals surface area contributed by atoms with Crippen LogP contribution in [0.4, 0.5) is 0 Å². The summed E-state index contributed by atoms with van der Waals surface area (Å²) in [6.45, 7) is 7.36.